The molecule has 198 valence electrons. The first-order valence-corrected chi connectivity index (χ1v) is 13.1. The molecule has 0 aliphatic carbocycles. The highest BCUT2D eigenvalue weighted by molar-refractivity contribution is 5.96. The largest absolute Gasteiger partial charge is 0.444 e. The molecule has 1 unspecified atom stereocenters. The average molecular weight is 515 g/mol. The molecule has 2 heterocycles. The van der Waals surface area contributed by atoms with Crippen molar-refractivity contribution in [3.8, 4) is 0 Å². The van der Waals surface area contributed by atoms with E-state index in [4.69, 9.17) is 9.57 Å². The molecule has 3 aromatic rings. The minimum Gasteiger partial charge on any atom is -0.444 e. The molecule has 0 saturated carbocycles. The topological polar surface area (TPSA) is 83.1 Å². The zero-order chi connectivity index (χ0) is 26.5. The summed E-state index contributed by atoms with van der Waals surface area (Å²) in [5, 5.41) is 3.10. The third-order valence-electron chi connectivity index (χ3n) is 7.20. The molecule has 2 N–H and O–H groups in total. The van der Waals surface area contributed by atoms with Crippen molar-refractivity contribution in [1.82, 2.24) is 5.32 Å². The van der Waals surface area contributed by atoms with E-state index in [9.17, 15) is 9.59 Å². The molecule has 8 nitrogen and oxygen atoms in total. The molecular formula is C30H34N4O4. The fourth-order valence-electron chi connectivity index (χ4n) is 5.36. The third kappa shape index (κ3) is 5.60. The number of nitrogens with one attached hydrogen (secondary N) is 2. The molecular weight excluding hydrogens is 480 g/mol. The summed E-state index contributed by atoms with van der Waals surface area (Å²) in [7, 11) is 1.56. The molecule has 1 fully saturated rings. The lowest BCUT2D eigenvalue weighted by atomic mass is 9.99. The summed E-state index contributed by atoms with van der Waals surface area (Å²) in [4.78, 5) is 35.0. The van der Waals surface area contributed by atoms with Crippen LogP contribution in [-0.2, 0) is 22.6 Å². The van der Waals surface area contributed by atoms with Gasteiger partial charge in [-0.2, -0.15) is 0 Å². The van der Waals surface area contributed by atoms with E-state index in [-0.39, 0.29) is 24.1 Å². The normalized spacial score (nSPS) is 16.4. The minimum atomic E-state index is -0.277. The van der Waals surface area contributed by atoms with Crippen molar-refractivity contribution in [3.05, 3.63) is 89.5 Å². The summed E-state index contributed by atoms with van der Waals surface area (Å²) in [5.41, 5.74) is 8.37. The second-order valence-electron chi connectivity index (χ2n) is 9.87. The predicted molar refractivity (Wildman–Crippen MR) is 148 cm³/mol. The Bertz CT molecular complexity index is 1270. The van der Waals surface area contributed by atoms with Crippen molar-refractivity contribution in [2.45, 2.75) is 44.9 Å². The maximum atomic E-state index is 13.0. The lowest BCUT2D eigenvalue weighted by molar-refractivity contribution is 0.0940. The minimum absolute atomic E-state index is 0.00551. The zero-order valence-corrected chi connectivity index (χ0v) is 21.9. The van der Waals surface area contributed by atoms with Crippen molar-refractivity contribution in [2.75, 3.05) is 35.5 Å². The quantitative estimate of drug-likeness (QED) is 0.405. The number of piperidine rings is 1. The molecule has 0 radical (unpaired) electrons. The number of benzene rings is 3. The second-order valence-corrected chi connectivity index (χ2v) is 9.87. The van der Waals surface area contributed by atoms with Crippen LogP contribution in [0.1, 0.15) is 41.3 Å². The van der Waals surface area contributed by atoms with Gasteiger partial charge in [-0.05, 0) is 56.0 Å². The summed E-state index contributed by atoms with van der Waals surface area (Å²) < 4.78 is 5.44. The molecule has 5 rings (SSSR count). The molecule has 0 aromatic heterocycles. The van der Waals surface area contributed by atoms with Gasteiger partial charge in [-0.1, -0.05) is 48.5 Å². The predicted octanol–water partition coefficient (Wildman–Crippen LogP) is 5.15. The first-order chi connectivity index (χ1) is 18.5. The molecule has 0 bridgehead atoms. The van der Waals surface area contributed by atoms with Crippen molar-refractivity contribution >= 4 is 29.1 Å². The van der Waals surface area contributed by atoms with E-state index in [2.05, 4.69) is 27.8 Å². The fraction of sp³-hybridized carbons (Fsp3) is 0.333. The molecule has 2 amide bonds. The number of cyclic esters (lactones) is 1. The number of para-hydroxylation sites is 1. The zero-order valence-electron chi connectivity index (χ0n) is 21.9. The first-order valence-electron chi connectivity index (χ1n) is 13.1. The summed E-state index contributed by atoms with van der Waals surface area (Å²) in [6.07, 6.45) is 2.09. The second kappa shape index (κ2) is 11.6. The maximum Gasteiger partial charge on any atom is 0.414 e. The van der Waals surface area contributed by atoms with Gasteiger partial charge in [-0.3, -0.25) is 20.0 Å². The molecule has 2 aliphatic heterocycles. The van der Waals surface area contributed by atoms with Crippen LogP contribution in [0.15, 0.2) is 72.8 Å². The standard InChI is InChI=1S/C30H34N4O4/c1-21(18-22-8-4-3-5-9-22)31-29(35)23-12-13-28(26(19-23)32-37-2)33-16-14-25(15-17-33)34-27-11-7-6-10-24(27)20-38-30(34)36/h3-13,19,21,25,32H,14-18,20H2,1-2H3,(H,31,35). The smallest absolute Gasteiger partial charge is 0.414 e. The van der Waals surface area contributed by atoms with E-state index in [0.717, 1.165) is 55.0 Å². The average Bonchev–Trinajstić information content (AvgIpc) is 2.94. The molecule has 3 aromatic carbocycles. The number of hydrogen-bond acceptors (Lipinski definition) is 6. The van der Waals surface area contributed by atoms with Gasteiger partial charge in [-0.15, -0.1) is 0 Å². The Hall–Kier alpha value is -4.04. The van der Waals surface area contributed by atoms with Gasteiger partial charge in [0.25, 0.3) is 5.91 Å². The summed E-state index contributed by atoms with van der Waals surface area (Å²) in [5.74, 6) is -0.125. The number of hydrogen-bond donors (Lipinski definition) is 2. The van der Waals surface area contributed by atoms with E-state index in [1.165, 1.54) is 5.56 Å². The molecule has 38 heavy (non-hydrogen) atoms. The highest BCUT2D eigenvalue weighted by atomic mass is 16.6. The van der Waals surface area contributed by atoms with Crippen molar-refractivity contribution in [2.24, 2.45) is 0 Å². The highest BCUT2D eigenvalue weighted by Crippen LogP contribution is 2.34. The Kier molecular flexibility index (Phi) is 7.79. The maximum absolute atomic E-state index is 13.0. The van der Waals surface area contributed by atoms with Gasteiger partial charge in [0, 0.05) is 36.3 Å². The van der Waals surface area contributed by atoms with E-state index in [1.54, 1.807) is 7.11 Å². The molecule has 2 aliphatic rings. The van der Waals surface area contributed by atoms with Gasteiger partial charge in [0.15, 0.2) is 0 Å². The SMILES string of the molecule is CONc1cc(C(=O)NC(C)Cc2ccccc2)ccc1N1CCC(N2C(=O)OCc3ccccc32)CC1. The first kappa shape index (κ1) is 25.6. The van der Waals surface area contributed by atoms with Gasteiger partial charge >= 0.3 is 6.09 Å². The number of nitrogens with zero attached hydrogens (tertiary/aromatic N) is 2. The van der Waals surface area contributed by atoms with Crippen LogP contribution in [0.25, 0.3) is 0 Å². The Labute approximate surface area is 223 Å². The monoisotopic (exact) mass is 514 g/mol. The number of rotatable bonds is 8. The van der Waals surface area contributed by atoms with Crippen molar-refractivity contribution < 1.29 is 19.2 Å². The van der Waals surface area contributed by atoms with Crippen LogP contribution in [0.3, 0.4) is 0 Å². The lowest BCUT2D eigenvalue weighted by Gasteiger charge is -2.41. The molecule has 1 saturated heterocycles. The van der Waals surface area contributed by atoms with Gasteiger partial charge < -0.3 is 15.0 Å². The number of ether oxygens (including phenoxy) is 1. The van der Waals surface area contributed by atoms with E-state index < -0.39 is 0 Å². The van der Waals surface area contributed by atoms with Crippen LogP contribution in [0.4, 0.5) is 21.9 Å². The van der Waals surface area contributed by atoms with Crippen LogP contribution < -0.4 is 20.6 Å². The molecule has 8 heteroatoms. The van der Waals surface area contributed by atoms with Crippen molar-refractivity contribution in [3.63, 3.8) is 0 Å². The Morgan fingerprint density at radius 1 is 1.03 bits per heavy atom. The van der Waals surface area contributed by atoms with Crippen LogP contribution in [0.2, 0.25) is 0 Å². The van der Waals surface area contributed by atoms with Crippen LogP contribution in [-0.4, -0.2) is 44.3 Å². The van der Waals surface area contributed by atoms with Gasteiger partial charge in [-0.25, -0.2) is 4.79 Å². The lowest BCUT2D eigenvalue weighted by Crippen LogP contribution is -2.49. The fourth-order valence-corrected chi connectivity index (χ4v) is 5.36. The Morgan fingerprint density at radius 2 is 1.76 bits per heavy atom. The van der Waals surface area contributed by atoms with Crippen LogP contribution in [0.5, 0.6) is 0 Å². The summed E-state index contributed by atoms with van der Waals surface area (Å²) >= 11 is 0. The number of anilines is 3. The van der Waals surface area contributed by atoms with Gasteiger partial charge in [0.1, 0.15) is 6.61 Å². The number of carbonyl (C=O) groups excluding carboxylic acids is 2. The van der Waals surface area contributed by atoms with Crippen LogP contribution >= 0.6 is 0 Å². The van der Waals surface area contributed by atoms with E-state index in [1.807, 2.05) is 72.5 Å². The van der Waals surface area contributed by atoms with Crippen molar-refractivity contribution in [1.29, 1.82) is 0 Å². The summed E-state index contributed by atoms with van der Waals surface area (Å²) in [6, 6.07) is 23.8. The van der Waals surface area contributed by atoms with E-state index in [0.29, 0.717) is 12.2 Å². The highest BCUT2D eigenvalue weighted by Gasteiger charge is 2.34. The Morgan fingerprint density at radius 3 is 2.53 bits per heavy atom. The van der Waals surface area contributed by atoms with Gasteiger partial charge in [0.2, 0.25) is 0 Å². The van der Waals surface area contributed by atoms with Crippen LogP contribution in [0, 0.1) is 0 Å². The number of amides is 2. The molecule has 1 atom stereocenters. The number of fused-ring (bicyclic) bond motifs is 1. The van der Waals surface area contributed by atoms with Gasteiger partial charge in [0.05, 0.1) is 24.2 Å². The Balaban J connectivity index is 1.25. The molecule has 0 spiro atoms. The number of carbonyl (C=O) groups is 2. The van der Waals surface area contributed by atoms with E-state index >= 15 is 0 Å². The summed E-state index contributed by atoms with van der Waals surface area (Å²) in [6.45, 7) is 3.85. The third-order valence-corrected chi connectivity index (χ3v) is 7.20.